The smallest absolute Gasteiger partial charge is 0.306 e. The molecule has 6 nitrogen and oxygen atoms in total. The van der Waals surface area contributed by atoms with Gasteiger partial charge >= 0.3 is 5.97 Å². The number of rotatable bonds is 9. The Bertz CT molecular complexity index is 804. The van der Waals surface area contributed by atoms with Gasteiger partial charge in [-0.1, -0.05) is 17.7 Å². The maximum Gasteiger partial charge on any atom is 0.306 e. The van der Waals surface area contributed by atoms with Crippen molar-refractivity contribution >= 4 is 34.9 Å². The number of hydrogen-bond acceptors (Lipinski definition) is 5. The number of halogens is 1. The fourth-order valence-corrected chi connectivity index (χ4v) is 2.36. The molecule has 0 aromatic heterocycles. The first-order valence-electron chi connectivity index (χ1n) is 8.39. The predicted molar refractivity (Wildman–Crippen MR) is 102 cm³/mol. The molecule has 142 valence electrons. The Morgan fingerprint density at radius 3 is 2.48 bits per heavy atom. The molecule has 0 heterocycles. The summed E-state index contributed by atoms with van der Waals surface area (Å²) in [6.45, 7) is 1.46. The van der Waals surface area contributed by atoms with Gasteiger partial charge in [0.25, 0.3) is 5.91 Å². The van der Waals surface area contributed by atoms with Crippen LogP contribution in [0, 0.1) is 0 Å². The van der Waals surface area contributed by atoms with E-state index in [-0.39, 0.29) is 18.8 Å². The normalized spacial score (nSPS) is 10.1. The van der Waals surface area contributed by atoms with Crippen LogP contribution in [0.25, 0.3) is 0 Å². The van der Waals surface area contributed by atoms with E-state index in [1.807, 2.05) is 0 Å². The second-order valence-corrected chi connectivity index (χ2v) is 6.19. The fraction of sp³-hybridized carbons (Fsp3) is 0.250. The minimum atomic E-state index is -0.480. The van der Waals surface area contributed by atoms with Gasteiger partial charge in [-0.15, -0.1) is 0 Å². The molecule has 2 aromatic rings. The van der Waals surface area contributed by atoms with Gasteiger partial charge in [0.2, 0.25) is 0 Å². The third-order valence-electron chi connectivity index (χ3n) is 3.53. The maximum atomic E-state index is 11.7. The van der Waals surface area contributed by atoms with Gasteiger partial charge in [-0.05, 0) is 55.8 Å². The molecule has 0 aliphatic carbocycles. The van der Waals surface area contributed by atoms with Crippen LogP contribution in [0.1, 0.15) is 30.1 Å². The number of carbonyl (C=O) groups excluding carboxylic acids is 3. The largest absolute Gasteiger partial charge is 0.494 e. The third-order valence-corrected chi connectivity index (χ3v) is 3.76. The number of nitrogens with one attached hydrogen (secondary N) is 1. The van der Waals surface area contributed by atoms with Crippen LogP contribution in [0.3, 0.4) is 0 Å². The molecule has 2 aromatic carbocycles. The van der Waals surface area contributed by atoms with E-state index in [9.17, 15) is 14.4 Å². The van der Waals surface area contributed by atoms with Crippen LogP contribution >= 0.6 is 11.6 Å². The van der Waals surface area contributed by atoms with Crippen LogP contribution in [0.5, 0.6) is 5.75 Å². The number of ketones is 1. The summed E-state index contributed by atoms with van der Waals surface area (Å²) in [4.78, 5) is 34.6. The second kappa shape index (κ2) is 10.3. The van der Waals surface area contributed by atoms with Crippen LogP contribution in [0.4, 0.5) is 5.69 Å². The molecule has 0 aliphatic rings. The Kier molecular flexibility index (Phi) is 7.82. The third kappa shape index (κ3) is 7.50. The van der Waals surface area contributed by atoms with Crippen molar-refractivity contribution in [2.45, 2.75) is 19.8 Å². The van der Waals surface area contributed by atoms with E-state index in [4.69, 9.17) is 21.1 Å². The number of anilines is 1. The van der Waals surface area contributed by atoms with Crippen molar-refractivity contribution in [3.05, 3.63) is 59.1 Å². The van der Waals surface area contributed by atoms with Gasteiger partial charge in [-0.25, -0.2) is 0 Å². The van der Waals surface area contributed by atoms with Gasteiger partial charge in [-0.2, -0.15) is 0 Å². The van der Waals surface area contributed by atoms with Gasteiger partial charge < -0.3 is 14.8 Å². The van der Waals surface area contributed by atoms with E-state index < -0.39 is 11.9 Å². The average molecular weight is 390 g/mol. The minimum absolute atomic E-state index is 0.0105. The molecule has 0 fully saturated rings. The number of hydrogen-bond donors (Lipinski definition) is 1. The number of benzene rings is 2. The van der Waals surface area contributed by atoms with Crippen LogP contribution in [0.2, 0.25) is 5.02 Å². The van der Waals surface area contributed by atoms with Gasteiger partial charge in [0.05, 0.1) is 6.61 Å². The van der Waals surface area contributed by atoms with Gasteiger partial charge in [0, 0.05) is 22.7 Å². The van der Waals surface area contributed by atoms with E-state index in [0.717, 1.165) is 0 Å². The highest BCUT2D eigenvalue weighted by Crippen LogP contribution is 2.15. The Hall–Kier alpha value is -2.86. The summed E-state index contributed by atoms with van der Waals surface area (Å²) in [5, 5.41) is 3.09. The first-order chi connectivity index (χ1) is 12.9. The molecule has 27 heavy (non-hydrogen) atoms. The first kappa shape index (κ1) is 20.5. The zero-order valence-electron chi connectivity index (χ0n) is 14.9. The monoisotopic (exact) mass is 389 g/mol. The molecular formula is C20H20ClNO5. The van der Waals surface area contributed by atoms with Crippen molar-refractivity contribution in [2.75, 3.05) is 18.5 Å². The molecule has 0 unspecified atom stereocenters. The van der Waals surface area contributed by atoms with E-state index in [2.05, 4.69) is 5.32 Å². The highest BCUT2D eigenvalue weighted by atomic mass is 35.5. The Balaban J connectivity index is 1.61. The molecular weight excluding hydrogens is 370 g/mol. The summed E-state index contributed by atoms with van der Waals surface area (Å²) >= 11 is 5.83. The lowest BCUT2D eigenvalue weighted by atomic mass is 10.1. The molecule has 0 saturated carbocycles. The highest BCUT2D eigenvalue weighted by Gasteiger charge is 2.08. The SMILES string of the molecule is CC(=O)c1ccc(OCCCC(=O)OCC(=O)Nc2cccc(Cl)c2)cc1. The summed E-state index contributed by atoms with van der Waals surface area (Å²) in [5.41, 5.74) is 1.15. The quantitative estimate of drug-likeness (QED) is 0.400. The van der Waals surface area contributed by atoms with E-state index in [1.165, 1.54) is 6.92 Å². The van der Waals surface area contributed by atoms with Crippen molar-refractivity contribution in [3.63, 3.8) is 0 Å². The van der Waals surface area contributed by atoms with Crippen molar-refractivity contribution in [2.24, 2.45) is 0 Å². The van der Waals surface area contributed by atoms with Crippen molar-refractivity contribution in [3.8, 4) is 5.75 Å². The lowest BCUT2D eigenvalue weighted by Crippen LogP contribution is -2.21. The molecule has 2 rings (SSSR count). The molecule has 0 saturated heterocycles. The van der Waals surface area contributed by atoms with Crippen LogP contribution in [-0.4, -0.2) is 30.9 Å². The summed E-state index contributed by atoms with van der Waals surface area (Å²) in [6, 6.07) is 13.5. The van der Waals surface area contributed by atoms with Crippen LogP contribution in [-0.2, 0) is 14.3 Å². The van der Waals surface area contributed by atoms with Gasteiger partial charge in [0.1, 0.15) is 5.75 Å². The minimum Gasteiger partial charge on any atom is -0.494 e. The van der Waals surface area contributed by atoms with Crippen molar-refractivity contribution in [1.29, 1.82) is 0 Å². The zero-order valence-corrected chi connectivity index (χ0v) is 15.6. The lowest BCUT2D eigenvalue weighted by Gasteiger charge is -2.08. The van der Waals surface area contributed by atoms with E-state index in [0.29, 0.717) is 35.1 Å². The number of amides is 1. The molecule has 0 atom stereocenters. The van der Waals surface area contributed by atoms with Crippen LogP contribution in [0.15, 0.2) is 48.5 Å². The number of Topliss-reactive ketones (excluding diaryl/α,β-unsaturated/α-hetero) is 1. The summed E-state index contributed by atoms with van der Waals surface area (Å²) in [5.74, 6) is -0.308. The summed E-state index contributed by atoms with van der Waals surface area (Å²) in [7, 11) is 0. The van der Waals surface area contributed by atoms with Crippen molar-refractivity contribution < 1.29 is 23.9 Å². The lowest BCUT2D eigenvalue weighted by molar-refractivity contribution is -0.147. The predicted octanol–water partition coefficient (Wildman–Crippen LogP) is 3.88. The summed E-state index contributed by atoms with van der Waals surface area (Å²) in [6.07, 6.45) is 0.583. The first-order valence-corrected chi connectivity index (χ1v) is 8.76. The molecule has 7 heteroatoms. The molecule has 1 amide bonds. The van der Waals surface area contributed by atoms with Crippen molar-refractivity contribution in [1.82, 2.24) is 0 Å². The highest BCUT2D eigenvalue weighted by molar-refractivity contribution is 6.30. The molecule has 0 aliphatic heterocycles. The molecule has 1 N–H and O–H groups in total. The standard InChI is InChI=1S/C20H20ClNO5/c1-14(23)15-7-9-18(10-8-15)26-11-3-6-20(25)27-13-19(24)22-17-5-2-4-16(21)12-17/h2,4-5,7-10,12H,3,6,11,13H2,1H3,(H,22,24). The van der Waals surface area contributed by atoms with Gasteiger partial charge in [0.15, 0.2) is 12.4 Å². The molecule has 0 spiro atoms. The van der Waals surface area contributed by atoms with E-state index >= 15 is 0 Å². The maximum absolute atomic E-state index is 11.7. The van der Waals surface area contributed by atoms with E-state index in [1.54, 1.807) is 48.5 Å². The Morgan fingerprint density at radius 1 is 1.07 bits per heavy atom. The molecule has 0 bridgehead atoms. The molecule has 0 radical (unpaired) electrons. The fourth-order valence-electron chi connectivity index (χ4n) is 2.17. The van der Waals surface area contributed by atoms with Gasteiger partial charge in [-0.3, -0.25) is 14.4 Å². The number of esters is 1. The number of ether oxygens (including phenoxy) is 2. The number of carbonyl (C=O) groups is 3. The average Bonchev–Trinajstić information content (AvgIpc) is 2.64. The summed E-state index contributed by atoms with van der Waals surface area (Å²) < 4.78 is 10.4. The topological polar surface area (TPSA) is 81.7 Å². The second-order valence-electron chi connectivity index (χ2n) is 5.75. The Labute approximate surface area is 162 Å². The zero-order chi connectivity index (χ0) is 19.6. The Morgan fingerprint density at radius 2 is 1.81 bits per heavy atom. The van der Waals surface area contributed by atoms with Crippen LogP contribution < -0.4 is 10.1 Å².